The molecule has 4 heteroatoms. The highest BCUT2D eigenvalue weighted by Gasteiger charge is 2.42. The van der Waals surface area contributed by atoms with Crippen LogP contribution in [0.3, 0.4) is 0 Å². The van der Waals surface area contributed by atoms with Crippen molar-refractivity contribution >= 4 is 18.3 Å². The van der Waals surface area contributed by atoms with Gasteiger partial charge in [-0.15, -0.1) is 12.4 Å². The second-order valence-electron chi connectivity index (χ2n) is 6.77. The van der Waals surface area contributed by atoms with Gasteiger partial charge in [0.25, 0.3) is 0 Å². The fourth-order valence-electron chi connectivity index (χ4n) is 3.17. The van der Waals surface area contributed by atoms with Crippen LogP contribution in [0.1, 0.15) is 52.4 Å². The van der Waals surface area contributed by atoms with Crippen molar-refractivity contribution < 1.29 is 4.79 Å². The molecule has 1 unspecified atom stereocenters. The largest absolute Gasteiger partial charge is 0.356 e. The summed E-state index contributed by atoms with van der Waals surface area (Å²) in [7, 11) is 0. The maximum Gasteiger partial charge on any atom is 0.220 e. The Bertz CT molecular complexity index is 284. The molecule has 0 aromatic rings. The summed E-state index contributed by atoms with van der Waals surface area (Å²) >= 11 is 0. The molecule has 112 valence electrons. The zero-order valence-electron chi connectivity index (χ0n) is 12.3. The van der Waals surface area contributed by atoms with Gasteiger partial charge in [-0.1, -0.05) is 13.8 Å². The van der Waals surface area contributed by atoms with Gasteiger partial charge in [0, 0.05) is 13.0 Å². The number of nitrogens with one attached hydrogen (secondary N) is 2. The maximum atomic E-state index is 11.8. The Balaban J connectivity index is 0.00000180. The van der Waals surface area contributed by atoms with Crippen LogP contribution in [0.4, 0.5) is 0 Å². The van der Waals surface area contributed by atoms with E-state index in [1.165, 1.54) is 25.7 Å². The molecular weight excluding hydrogens is 260 g/mol. The van der Waals surface area contributed by atoms with Crippen molar-refractivity contribution in [3.8, 4) is 0 Å². The molecule has 0 spiro atoms. The summed E-state index contributed by atoms with van der Waals surface area (Å²) in [5.74, 6) is 1.73. The first-order valence-electron chi connectivity index (χ1n) is 7.57. The molecule has 0 bridgehead atoms. The van der Waals surface area contributed by atoms with Crippen molar-refractivity contribution in [2.24, 2.45) is 17.3 Å². The molecule has 2 rings (SSSR count). The first kappa shape index (κ1) is 16.8. The predicted octanol–water partition coefficient (Wildman–Crippen LogP) is 2.74. The highest BCUT2D eigenvalue weighted by Crippen LogP contribution is 2.49. The molecule has 1 amide bonds. The summed E-state index contributed by atoms with van der Waals surface area (Å²) in [5, 5.41) is 6.51. The van der Waals surface area contributed by atoms with Crippen LogP contribution >= 0.6 is 12.4 Å². The van der Waals surface area contributed by atoms with Crippen LogP contribution in [0, 0.1) is 17.3 Å². The Morgan fingerprint density at radius 2 is 2.16 bits per heavy atom. The highest BCUT2D eigenvalue weighted by atomic mass is 35.5. The van der Waals surface area contributed by atoms with Crippen molar-refractivity contribution in [1.82, 2.24) is 10.6 Å². The Hall–Kier alpha value is -0.280. The Morgan fingerprint density at radius 3 is 2.68 bits per heavy atom. The average molecular weight is 289 g/mol. The zero-order chi connectivity index (χ0) is 13.0. The van der Waals surface area contributed by atoms with Crippen molar-refractivity contribution in [2.75, 3.05) is 19.6 Å². The minimum absolute atomic E-state index is 0. The SMILES string of the molecule is CC(C)CC1(CNC(=O)CCC2CCNC2)CC1.Cl. The number of hydrogen-bond acceptors (Lipinski definition) is 2. The molecule has 1 aliphatic carbocycles. The van der Waals surface area contributed by atoms with Crippen molar-refractivity contribution in [2.45, 2.75) is 52.4 Å². The first-order valence-corrected chi connectivity index (χ1v) is 7.57. The topological polar surface area (TPSA) is 41.1 Å². The minimum Gasteiger partial charge on any atom is -0.356 e. The third-order valence-corrected chi connectivity index (χ3v) is 4.40. The minimum atomic E-state index is 0. The van der Waals surface area contributed by atoms with Gasteiger partial charge in [-0.3, -0.25) is 4.79 Å². The standard InChI is InChI=1S/C15H28N2O.ClH/c1-12(2)9-15(6-7-15)11-17-14(18)4-3-13-5-8-16-10-13;/h12-13,16H,3-11H2,1-2H3,(H,17,18);1H. The fourth-order valence-corrected chi connectivity index (χ4v) is 3.17. The predicted molar refractivity (Wildman–Crippen MR) is 81.6 cm³/mol. The van der Waals surface area contributed by atoms with Gasteiger partial charge in [0.05, 0.1) is 0 Å². The van der Waals surface area contributed by atoms with E-state index >= 15 is 0 Å². The Kier molecular flexibility index (Phi) is 6.61. The number of amides is 1. The van der Waals surface area contributed by atoms with Gasteiger partial charge < -0.3 is 10.6 Å². The van der Waals surface area contributed by atoms with Crippen LogP contribution in [0.25, 0.3) is 0 Å². The van der Waals surface area contributed by atoms with E-state index in [1.807, 2.05) is 0 Å². The van der Waals surface area contributed by atoms with Crippen LogP contribution in [0.5, 0.6) is 0 Å². The van der Waals surface area contributed by atoms with Gasteiger partial charge in [-0.05, 0) is 62.4 Å². The smallest absolute Gasteiger partial charge is 0.220 e. The fraction of sp³-hybridized carbons (Fsp3) is 0.933. The summed E-state index contributed by atoms with van der Waals surface area (Å²) in [6.07, 6.45) is 6.88. The zero-order valence-corrected chi connectivity index (χ0v) is 13.2. The van der Waals surface area contributed by atoms with Crippen LogP contribution in [-0.2, 0) is 4.79 Å². The molecule has 0 aromatic heterocycles. The number of carbonyl (C=O) groups excluding carboxylic acids is 1. The van der Waals surface area contributed by atoms with E-state index in [0.29, 0.717) is 11.8 Å². The summed E-state index contributed by atoms with van der Waals surface area (Å²) in [6.45, 7) is 7.69. The number of halogens is 1. The van der Waals surface area contributed by atoms with Crippen LogP contribution in [0.15, 0.2) is 0 Å². The molecule has 1 aliphatic heterocycles. The molecule has 1 saturated carbocycles. The maximum absolute atomic E-state index is 11.8. The van der Waals surface area contributed by atoms with Gasteiger partial charge in [0.15, 0.2) is 0 Å². The van der Waals surface area contributed by atoms with E-state index in [0.717, 1.165) is 37.9 Å². The molecule has 19 heavy (non-hydrogen) atoms. The average Bonchev–Trinajstić information content (AvgIpc) is 2.88. The molecule has 1 saturated heterocycles. The molecule has 0 radical (unpaired) electrons. The van der Waals surface area contributed by atoms with Gasteiger partial charge in [-0.25, -0.2) is 0 Å². The summed E-state index contributed by atoms with van der Waals surface area (Å²) in [5.41, 5.74) is 0.457. The monoisotopic (exact) mass is 288 g/mol. The van der Waals surface area contributed by atoms with E-state index in [-0.39, 0.29) is 18.3 Å². The van der Waals surface area contributed by atoms with Crippen LogP contribution in [0.2, 0.25) is 0 Å². The van der Waals surface area contributed by atoms with E-state index in [1.54, 1.807) is 0 Å². The van der Waals surface area contributed by atoms with Crippen molar-refractivity contribution in [3.63, 3.8) is 0 Å². The lowest BCUT2D eigenvalue weighted by molar-refractivity contribution is -0.121. The Labute approximate surface area is 123 Å². The molecule has 1 atom stereocenters. The van der Waals surface area contributed by atoms with E-state index < -0.39 is 0 Å². The van der Waals surface area contributed by atoms with E-state index in [4.69, 9.17) is 0 Å². The number of rotatable bonds is 7. The summed E-state index contributed by atoms with van der Waals surface area (Å²) in [6, 6.07) is 0. The van der Waals surface area contributed by atoms with Gasteiger partial charge in [0.1, 0.15) is 0 Å². The van der Waals surface area contributed by atoms with Crippen molar-refractivity contribution in [3.05, 3.63) is 0 Å². The third-order valence-electron chi connectivity index (χ3n) is 4.40. The van der Waals surface area contributed by atoms with E-state index in [2.05, 4.69) is 24.5 Å². The molecule has 1 heterocycles. The third kappa shape index (κ3) is 5.70. The summed E-state index contributed by atoms with van der Waals surface area (Å²) in [4.78, 5) is 11.8. The lowest BCUT2D eigenvalue weighted by Gasteiger charge is -2.18. The first-order chi connectivity index (χ1) is 8.60. The molecule has 2 fully saturated rings. The lowest BCUT2D eigenvalue weighted by atomic mass is 9.94. The van der Waals surface area contributed by atoms with Crippen molar-refractivity contribution in [1.29, 1.82) is 0 Å². The second-order valence-corrected chi connectivity index (χ2v) is 6.77. The van der Waals surface area contributed by atoms with E-state index in [9.17, 15) is 4.79 Å². The molecule has 2 aliphatic rings. The molecule has 3 nitrogen and oxygen atoms in total. The van der Waals surface area contributed by atoms with Gasteiger partial charge in [0.2, 0.25) is 5.91 Å². The lowest BCUT2D eigenvalue weighted by Crippen LogP contribution is -2.31. The quantitative estimate of drug-likeness (QED) is 0.756. The highest BCUT2D eigenvalue weighted by molar-refractivity contribution is 5.85. The second kappa shape index (κ2) is 7.49. The molecule has 2 N–H and O–H groups in total. The molecular formula is C15H29ClN2O. The van der Waals surface area contributed by atoms with Crippen LogP contribution < -0.4 is 10.6 Å². The molecule has 0 aromatic carbocycles. The normalized spacial score (nSPS) is 24.1. The summed E-state index contributed by atoms with van der Waals surface area (Å²) < 4.78 is 0. The van der Waals surface area contributed by atoms with Gasteiger partial charge >= 0.3 is 0 Å². The van der Waals surface area contributed by atoms with Gasteiger partial charge in [-0.2, -0.15) is 0 Å². The number of hydrogen-bond donors (Lipinski definition) is 2. The van der Waals surface area contributed by atoms with Crippen LogP contribution in [-0.4, -0.2) is 25.5 Å². The Morgan fingerprint density at radius 1 is 1.42 bits per heavy atom. The number of carbonyl (C=O) groups is 1.